The van der Waals surface area contributed by atoms with Crippen molar-refractivity contribution in [3.8, 4) is 0 Å². The van der Waals surface area contributed by atoms with E-state index in [9.17, 15) is 9.18 Å². The molecule has 2 heterocycles. The Balaban J connectivity index is 1.50. The molecule has 5 nitrogen and oxygen atoms in total. The standard InChI is InChI=1S/C20H17ClFN3O2/c1-12-5-7-14(8-6-12)25-11-13(9-19(25)26)20-24-23-18(27-20)10-15-16(21)3-2-4-17(15)22/h2-8,13H,9-11H2,1H3/t13-/m0/s1. The Bertz CT molecular complexity index is 967. The first-order valence-electron chi connectivity index (χ1n) is 8.63. The molecular formula is C20H17ClFN3O2. The molecule has 1 aliphatic rings. The summed E-state index contributed by atoms with van der Waals surface area (Å²) in [4.78, 5) is 14.1. The monoisotopic (exact) mass is 385 g/mol. The van der Waals surface area contributed by atoms with Crippen LogP contribution in [-0.4, -0.2) is 22.6 Å². The van der Waals surface area contributed by atoms with E-state index in [0.717, 1.165) is 11.3 Å². The summed E-state index contributed by atoms with van der Waals surface area (Å²) in [7, 11) is 0. The van der Waals surface area contributed by atoms with Crippen molar-refractivity contribution in [3.63, 3.8) is 0 Å². The summed E-state index contributed by atoms with van der Waals surface area (Å²) in [5, 5.41) is 8.39. The zero-order valence-electron chi connectivity index (χ0n) is 14.7. The van der Waals surface area contributed by atoms with Crippen molar-refractivity contribution < 1.29 is 13.6 Å². The summed E-state index contributed by atoms with van der Waals surface area (Å²) in [6, 6.07) is 12.3. The van der Waals surface area contributed by atoms with Crippen LogP contribution in [0.1, 0.15) is 35.2 Å². The lowest BCUT2D eigenvalue weighted by atomic mass is 10.1. The van der Waals surface area contributed by atoms with Gasteiger partial charge in [0.05, 0.1) is 12.3 Å². The third kappa shape index (κ3) is 3.57. The average Bonchev–Trinajstić information content (AvgIpc) is 3.26. The van der Waals surface area contributed by atoms with Crippen molar-refractivity contribution in [2.45, 2.75) is 25.7 Å². The Hall–Kier alpha value is -2.73. The van der Waals surface area contributed by atoms with Crippen LogP contribution in [0.4, 0.5) is 10.1 Å². The second kappa shape index (κ2) is 7.12. The van der Waals surface area contributed by atoms with E-state index in [2.05, 4.69) is 10.2 Å². The van der Waals surface area contributed by atoms with Crippen LogP contribution in [0.25, 0.3) is 0 Å². The number of nitrogens with zero attached hydrogens (tertiary/aromatic N) is 3. The second-order valence-electron chi connectivity index (χ2n) is 6.65. The molecule has 0 spiro atoms. The summed E-state index contributed by atoms with van der Waals surface area (Å²) in [6.45, 7) is 2.48. The van der Waals surface area contributed by atoms with Crippen LogP contribution in [0, 0.1) is 12.7 Å². The smallest absolute Gasteiger partial charge is 0.227 e. The van der Waals surface area contributed by atoms with Gasteiger partial charge in [-0.2, -0.15) is 0 Å². The van der Waals surface area contributed by atoms with Crippen molar-refractivity contribution in [2.24, 2.45) is 0 Å². The number of hydrogen-bond donors (Lipinski definition) is 0. The number of benzene rings is 2. The molecule has 4 rings (SSSR count). The topological polar surface area (TPSA) is 59.2 Å². The second-order valence-corrected chi connectivity index (χ2v) is 7.06. The first-order valence-corrected chi connectivity index (χ1v) is 9.01. The van der Waals surface area contributed by atoms with Gasteiger partial charge in [0.25, 0.3) is 0 Å². The lowest BCUT2D eigenvalue weighted by Gasteiger charge is -2.16. The Morgan fingerprint density at radius 2 is 2.00 bits per heavy atom. The van der Waals surface area contributed by atoms with Crippen LogP contribution in [-0.2, 0) is 11.2 Å². The van der Waals surface area contributed by atoms with Crippen LogP contribution in [0.3, 0.4) is 0 Å². The first-order chi connectivity index (χ1) is 13.0. The normalized spacial score (nSPS) is 16.9. The van der Waals surface area contributed by atoms with E-state index in [1.54, 1.807) is 17.0 Å². The fourth-order valence-corrected chi connectivity index (χ4v) is 3.43. The maximum absolute atomic E-state index is 13.9. The van der Waals surface area contributed by atoms with Crippen LogP contribution < -0.4 is 4.90 Å². The summed E-state index contributed by atoms with van der Waals surface area (Å²) >= 11 is 6.05. The molecular weight excluding hydrogens is 369 g/mol. The lowest BCUT2D eigenvalue weighted by Crippen LogP contribution is -2.24. The molecule has 0 radical (unpaired) electrons. The maximum Gasteiger partial charge on any atom is 0.227 e. The molecule has 0 unspecified atom stereocenters. The molecule has 0 saturated carbocycles. The van der Waals surface area contributed by atoms with Gasteiger partial charge in [-0.15, -0.1) is 10.2 Å². The molecule has 1 fully saturated rings. The highest BCUT2D eigenvalue weighted by Gasteiger charge is 2.35. The zero-order chi connectivity index (χ0) is 19.0. The zero-order valence-corrected chi connectivity index (χ0v) is 15.4. The molecule has 0 N–H and O–H groups in total. The molecule has 1 aliphatic heterocycles. The summed E-state index contributed by atoms with van der Waals surface area (Å²) in [5.41, 5.74) is 2.31. The quantitative estimate of drug-likeness (QED) is 0.672. The van der Waals surface area contributed by atoms with Gasteiger partial charge >= 0.3 is 0 Å². The van der Waals surface area contributed by atoms with Crippen molar-refractivity contribution in [3.05, 3.63) is 76.2 Å². The average molecular weight is 386 g/mol. The van der Waals surface area contributed by atoms with Gasteiger partial charge in [-0.3, -0.25) is 4.79 Å². The fourth-order valence-electron chi connectivity index (χ4n) is 3.20. The molecule has 1 aromatic heterocycles. The predicted molar refractivity (Wildman–Crippen MR) is 99.4 cm³/mol. The van der Waals surface area contributed by atoms with E-state index >= 15 is 0 Å². The number of amides is 1. The van der Waals surface area contributed by atoms with E-state index < -0.39 is 5.82 Å². The Morgan fingerprint density at radius 3 is 2.74 bits per heavy atom. The van der Waals surface area contributed by atoms with Gasteiger partial charge in [0.2, 0.25) is 17.7 Å². The van der Waals surface area contributed by atoms with E-state index in [4.69, 9.17) is 16.0 Å². The molecule has 0 aliphatic carbocycles. The Morgan fingerprint density at radius 1 is 1.22 bits per heavy atom. The minimum Gasteiger partial charge on any atom is -0.425 e. The van der Waals surface area contributed by atoms with E-state index in [0.29, 0.717) is 29.4 Å². The molecule has 1 atom stereocenters. The van der Waals surface area contributed by atoms with Crippen LogP contribution in [0.5, 0.6) is 0 Å². The molecule has 1 saturated heterocycles. The molecule has 0 bridgehead atoms. The number of aromatic nitrogens is 2. The summed E-state index contributed by atoms with van der Waals surface area (Å²) in [5.74, 6) is 0.0828. The minimum atomic E-state index is -0.413. The highest BCUT2D eigenvalue weighted by molar-refractivity contribution is 6.31. The predicted octanol–water partition coefficient (Wildman–Crippen LogP) is 4.28. The van der Waals surface area contributed by atoms with Gasteiger partial charge in [-0.05, 0) is 31.2 Å². The SMILES string of the molecule is Cc1ccc(N2C[C@@H](c3nnc(Cc4c(F)cccc4Cl)o3)CC2=O)cc1. The van der Waals surface area contributed by atoms with Crippen molar-refractivity contribution in [1.29, 1.82) is 0 Å². The maximum atomic E-state index is 13.9. The molecule has 27 heavy (non-hydrogen) atoms. The van der Waals surface area contributed by atoms with Gasteiger partial charge in [0.1, 0.15) is 5.82 Å². The first kappa shape index (κ1) is 17.7. The number of rotatable bonds is 4. The van der Waals surface area contributed by atoms with Crippen LogP contribution in [0.15, 0.2) is 46.9 Å². The number of carbonyl (C=O) groups is 1. The van der Waals surface area contributed by atoms with Crippen LogP contribution >= 0.6 is 11.6 Å². The van der Waals surface area contributed by atoms with E-state index in [1.165, 1.54) is 6.07 Å². The number of aryl methyl sites for hydroxylation is 1. The summed E-state index contributed by atoms with van der Waals surface area (Å²) < 4.78 is 19.6. The van der Waals surface area contributed by atoms with E-state index in [-0.39, 0.29) is 24.1 Å². The van der Waals surface area contributed by atoms with Gasteiger partial charge in [-0.25, -0.2) is 4.39 Å². The third-order valence-electron chi connectivity index (χ3n) is 4.69. The Labute approximate surface area is 160 Å². The lowest BCUT2D eigenvalue weighted by molar-refractivity contribution is -0.117. The summed E-state index contributed by atoms with van der Waals surface area (Å²) in [6.07, 6.45) is 0.414. The minimum absolute atomic E-state index is 0.0146. The fraction of sp³-hybridized carbons (Fsp3) is 0.250. The number of anilines is 1. The molecule has 7 heteroatoms. The van der Waals surface area contributed by atoms with Crippen molar-refractivity contribution >= 4 is 23.2 Å². The Kier molecular flexibility index (Phi) is 4.66. The number of halogens is 2. The van der Waals surface area contributed by atoms with E-state index in [1.807, 2.05) is 31.2 Å². The van der Waals surface area contributed by atoms with Crippen molar-refractivity contribution in [2.75, 3.05) is 11.4 Å². The highest BCUT2D eigenvalue weighted by Crippen LogP contribution is 2.32. The number of hydrogen-bond acceptors (Lipinski definition) is 4. The molecule has 1 amide bonds. The third-order valence-corrected chi connectivity index (χ3v) is 5.05. The van der Waals surface area contributed by atoms with Gasteiger partial charge < -0.3 is 9.32 Å². The molecule has 138 valence electrons. The molecule has 2 aromatic carbocycles. The largest absolute Gasteiger partial charge is 0.425 e. The number of carbonyl (C=O) groups excluding carboxylic acids is 1. The molecule has 3 aromatic rings. The van der Waals surface area contributed by atoms with Gasteiger partial charge in [-0.1, -0.05) is 35.4 Å². The highest BCUT2D eigenvalue weighted by atomic mass is 35.5. The van der Waals surface area contributed by atoms with Gasteiger partial charge in [0.15, 0.2) is 0 Å². The van der Waals surface area contributed by atoms with Gasteiger partial charge in [0, 0.05) is 29.2 Å². The van der Waals surface area contributed by atoms with Crippen LogP contribution in [0.2, 0.25) is 5.02 Å². The van der Waals surface area contributed by atoms with Crippen molar-refractivity contribution in [1.82, 2.24) is 10.2 Å².